The molecule has 1 aromatic carbocycles. The van der Waals surface area contributed by atoms with Crippen LogP contribution in [0.25, 0.3) is 0 Å². The largest absolute Gasteiger partial charge is 0.342 e. The first-order valence-electron chi connectivity index (χ1n) is 8.03. The molecule has 1 saturated heterocycles. The Morgan fingerprint density at radius 3 is 2.71 bits per heavy atom. The molecule has 0 bridgehead atoms. The van der Waals surface area contributed by atoms with Crippen molar-refractivity contribution in [1.82, 2.24) is 14.9 Å². The Labute approximate surface area is 150 Å². The van der Waals surface area contributed by atoms with Crippen molar-refractivity contribution in [3.8, 4) is 0 Å². The van der Waals surface area contributed by atoms with Crippen LogP contribution in [-0.2, 0) is 10.0 Å². The summed E-state index contributed by atoms with van der Waals surface area (Å²) in [6.45, 7) is 4.08. The molecule has 2 N–H and O–H groups in total. The average Bonchev–Trinajstić information content (AvgIpc) is 3.04. The number of amides is 1. The minimum absolute atomic E-state index is 0. The fourth-order valence-corrected chi connectivity index (χ4v) is 4.09. The summed E-state index contributed by atoms with van der Waals surface area (Å²) in [6.07, 6.45) is 2.63. The minimum Gasteiger partial charge on any atom is -0.342 e. The number of nitrogens with zero attached hydrogens (tertiary/aromatic N) is 1. The van der Waals surface area contributed by atoms with E-state index < -0.39 is 10.0 Å². The van der Waals surface area contributed by atoms with Gasteiger partial charge in [0.05, 0.1) is 10.5 Å². The summed E-state index contributed by atoms with van der Waals surface area (Å²) in [5.41, 5.74) is 0.226. The van der Waals surface area contributed by atoms with Crippen LogP contribution in [0.1, 0.15) is 36.5 Å². The third-order valence-corrected chi connectivity index (χ3v) is 5.56. The van der Waals surface area contributed by atoms with Gasteiger partial charge in [-0.2, -0.15) is 0 Å². The van der Waals surface area contributed by atoms with Crippen LogP contribution in [-0.4, -0.2) is 51.9 Å². The van der Waals surface area contributed by atoms with Gasteiger partial charge in [-0.3, -0.25) is 4.79 Å². The molecular formula is C16H26ClN3O3S. The molecule has 1 aliphatic rings. The van der Waals surface area contributed by atoms with Crippen molar-refractivity contribution in [3.05, 3.63) is 29.8 Å². The molecule has 1 aliphatic heterocycles. The second kappa shape index (κ2) is 9.36. The quantitative estimate of drug-likeness (QED) is 0.759. The molecule has 0 saturated carbocycles. The Bertz CT molecular complexity index is 646. The first-order chi connectivity index (χ1) is 11.0. The predicted octanol–water partition coefficient (Wildman–Crippen LogP) is 1.62. The molecule has 0 aliphatic carbocycles. The van der Waals surface area contributed by atoms with E-state index in [4.69, 9.17) is 0 Å². The van der Waals surface area contributed by atoms with Gasteiger partial charge in [0.1, 0.15) is 0 Å². The van der Waals surface area contributed by atoms with Crippen molar-refractivity contribution in [1.29, 1.82) is 0 Å². The van der Waals surface area contributed by atoms with Crippen LogP contribution < -0.4 is 10.0 Å². The van der Waals surface area contributed by atoms with E-state index in [0.717, 1.165) is 25.8 Å². The Kier molecular flexibility index (Phi) is 8.15. The van der Waals surface area contributed by atoms with E-state index in [2.05, 4.69) is 17.0 Å². The summed E-state index contributed by atoms with van der Waals surface area (Å²) < 4.78 is 28.0. The maximum Gasteiger partial charge on any atom is 0.254 e. The third-order valence-electron chi connectivity index (χ3n) is 3.98. The minimum atomic E-state index is -3.71. The number of halogens is 1. The average molecular weight is 376 g/mol. The molecule has 0 aromatic heterocycles. The first-order valence-corrected chi connectivity index (χ1v) is 9.51. The number of nitrogens with one attached hydrogen (secondary N) is 2. The van der Waals surface area contributed by atoms with Gasteiger partial charge in [-0.15, -0.1) is 12.4 Å². The van der Waals surface area contributed by atoms with Crippen molar-refractivity contribution in [2.45, 2.75) is 37.1 Å². The normalized spacial score (nSPS) is 17.3. The van der Waals surface area contributed by atoms with Gasteiger partial charge in [-0.25, -0.2) is 13.1 Å². The third kappa shape index (κ3) is 5.17. The Hall–Kier alpha value is -1.15. The topological polar surface area (TPSA) is 78.5 Å². The van der Waals surface area contributed by atoms with Crippen LogP contribution in [0.5, 0.6) is 0 Å². The van der Waals surface area contributed by atoms with E-state index in [-0.39, 0.29) is 34.8 Å². The molecule has 24 heavy (non-hydrogen) atoms. The highest BCUT2D eigenvalue weighted by Crippen LogP contribution is 2.18. The van der Waals surface area contributed by atoms with Gasteiger partial charge in [0, 0.05) is 26.2 Å². The second-order valence-corrected chi connectivity index (χ2v) is 7.57. The maximum absolute atomic E-state index is 12.6. The summed E-state index contributed by atoms with van der Waals surface area (Å²) in [6, 6.07) is 6.28. The van der Waals surface area contributed by atoms with Gasteiger partial charge >= 0.3 is 0 Å². The van der Waals surface area contributed by atoms with Crippen LogP contribution in [0.2, 0.25) is 0 Å². The van der Waals surface area contributed by atoms with Gasteiger partial charge in [0.2, 0.25) is 10.0 Å². The molecule has 2 rings (SSSR count). The number of rotatable bonds is 7. The van der Waals surface area contributed by atoms with Crippen LogP contribution >= 0.6 is 12.4 Å². The predicted molar refractivity (Wildman–Crippen MR) is 97.2 cm³/mol. The SMILES string of the molecule is CCCCN(C)C(=O)c1ccccc1S(=O)(=O)NC1CCNC1.Cl. The molecule has 0 spiro atoms. The number of sulfonamides is 1. The molecule has 8 heteroatoms. The summed E-state index contributed by atoms with van der Waals surface area (Å²) in [5, 5.41) is 3.12. The van der Waals surface area contributed by atoms with Crippen molar-refractivity contribution in [2.24, 2.45) is 0 Å². The fraction of sp³-hybridized carbons (Fsp3) is 0.562. The van der Waals surface area contributed by atoms with Gasteiger partial charge in [-0.1, -0.05) is 25.5 Å². The Morgan fingerprint density at radius 2 is 2.08 bits per heavy atom. The molecule has 136 valence electrons. The molecule has 6 nitrogen and oxygen atoms in total. The number of hydrogen-bond acceptors (Lipinski definition) is 4. The number of carbonyl (C=O) groups is 1. The maximum atomic E-state index is 12.6. The lowest BCUT2D eigenvalue weighted by Crippen LogP contribution is -2.37. The number of benzene rings is 1. The summed E-state index contributed by atoms with van der Waals surface area (Å²) in [4.78, 5) is 14.2. The van der Waals surface area contributed by atoms with E-state index in [0.29, 0.717) is 13.1 Å². The number of carbonyl (C=O) groups excluding carboxylic acids is 1. The summed E-state index contributed by atoms with van der Waals surface area (Å²) >= 11 is 0. The van der Waals surface area contributed by atoms with Gasteiger partial charge < -0.3 is 10.2 Å². The smallest absolute Gasteiger partial charge is 0.254 e. The van der Waals surface area contributed by atoms with Crippen molar-refractivity contribution in [3.63, 3.8) is 0 Å². The highest BCUT2D eigenvalue weighted by atomic mass is 35.5. The van der Waals surface area contributed by atoms with E-state index in [1.165, 1.54) is 6.07 Å². The van der Waals surface area contributed by atoms with E-state index >= 15 is 0 Å². The zero-order valence-electron chi connectivity index (χ0n) is 14.1. The van der Waals surface area contributed by atoms with Crippen molar-refractivity contribution >= 4 is 28.3 Å². The zero-order chi connectivity index (χ0) is 16.9. The van der Waals surface area contributed by atoms with Crippen LogP contribution in [0.3, 0.4) is 0 Å². The summed E-state index contributed by atoms with van der Waals surface area (Å²) in [7, 11) is -2.01. The highest BCUT2D eigenvalue weighted by Gasteiger charge is 2.27. The Balaban J connectivity index is 0.00000288. The van der Waals surface area contributed by atoms with Crippen LogP contribution in [0.15, 0.2) is 29.2 Å². The molecule has 1 amide bonds. The standard InChI is InChI=1S/C16H25N3O3S.ClH/c1-3-4-11-19(2)16(20)14-7-5-6-8-15(14)23(21,22)18-13-9-10-17-12-13;/h5-8,13,17-18H,3-4,9-12H2,1-2H3;1H. The van der Waals surface area contributed by atoms with E-state index in [1.807, 2.05) is 0 Å². The van der Waals surface area contributed by atoms with Crippen LogP contribution in [0.4, 0.5) is 0 Å². The Morgan fingerprint density at radius 1 is 1.38 bits per heavy atom. The van der Waals surface area contributed by atoms with Gasteiger partial charge in [0.15, 0.2) is 0 Å². The number of hydrogen-bond donors (Lipinski definition) is 2. The van der Waals surface area contributed by atoms with Gasteiger partial charge in [-0.05, 0) is 31.5 Å². The molecule has 0 radical (unpaired) electrons. The molecule has 1 unspecified atom stereocenters. The lowest BCUT2D eigenvalue weighted by molar-refractivity contribution is 0.0789. The molecular weight excluding hydrogens is 350 g/mol. The molecule has 1 aromatic rings. The lowest BCUT2D eigenvalue weighted by atomic mass is 10.2. The monoisotopic (exact) mass is 375 g/mol. The molecule has 1 fully saturated rings. The highest BCUT2D eigenvalue weighted by molar-refractivity contribution is 7.89. The zero-order valence-corrected chi connectivity index (χ0v) is 15.8. The van der Waals surface area contributed by atoms with Crippen LogP contribution in [0, 0.1) is 0 Å². The summed E-state index contributed by atoms with van der Waals surface area (Å²) in [5.74, 6) is -0.260. The molecule has 1 atom stereocenters. The van der Waals surface area contributed by atoms with Gasteiger partial charge in [0.25, 0.3) is 5.91 Å². The van der Waals surface area contributed by atoms with E-state index in [9.17, 15) is 13.2 Å². The van der Waals surface area contributed by atoms with Crippen molar-refractivity contribution in [2.75, 3.05) is 26.7 Å². The molecule has 1 heterocycles. The van der Waals surface area contributed by atoms with E-state index in [1.54, 1.807) is 30.1 Å². The van der Waals surface area contributed by atoms with Crippen molar-refractivity contribution < 1.29 is 13.2 Å². The first kappa shape index (κ1) is 20.9. The number of unbranched alkanes of at least 4 members (excludes halogenated alkanes) is 1. The second-order valence-electron chi connectivity index (χ2n) is 5.89. The lowest BCUT2D eigenvalue weighted by Gasteiger charge is -2.19. The fourth-order valence-electron chi connectivity index (χ4n) is 2.62.